The molecule has 0 aliphatic carbocycles. The summed E-state index contributed by atoms with van der Waals surface area (Å²) in [5.74, 6) is -2.05. The van der Waals surface area contributed by atoms with Crippen LogP contribution in [0.4, 0.5) is 14.5 Å². The summed E-state index contributed by atoms with van der Waals surface area (Å²) in [4.78, 5) is 29.0. The van der Waals surface area contributed by atoms with Crippen LogP contribution in [0.15, 0.2) is 39.6 Å². The molecule has 1 N–H and O–H groups in total. The van der Waals surface area contributed by atoms with Crippen LogP contribution < -0.4 is 10.9 Å². The Balaban J connectivity index is 1.72. The quantitative estimate of drug-likeness (QED) is 0.569. The maximum atomic E-state index is 13.1. The molecule has 0 saturated carbocycles. The van der Waals surface area contributed by atoms with Gasteiger partial charge in [0.2, 0.25) is 5.91 Å². The number of thiophene rings is 1. The van der Waals surface area contributed by atoms with E-state index in [1.165, 1.54) is 15.9 Å². The number of carbonyl (C=O) groups is 1. The molecule has 0 unspecified atom stereocenters. The van der Waals surface area contributed by atoms with Gasteiger partial charge in [0.15, 0.2) is 5.16 Å². The number of aromatic nitrogens is 2. The Labute approximate surface area is 143 Å². The molecular formula is C15H11F2N3O2S2. The van der Waals surface area contributed by atoms with E-state index in [2.05, 4.69) is 10.3 Å². The minimum atomic E-state index is -0.773. The second-order valence-corrected chi connectivity index (χ2v) is 6.73. The molecule has 0 atom stereocenters. The van der Waals surface area contributed by atoms with Crippen LogP contribution in [0.3, 0.4) is 0 Å². The molecule has 124 valence electrons. The van der Waals surface area contributed by atoms with E-state index in [4.69, 9.17) is 0 Å². The SMILES string of the molecule is Cn1c(SCC(=O)Nc2cc(F)cc(F)c2)nc2sccc2c1=O. The Morgan fingerprint density at radius 2 is 2.04 bits per heavy atom. The van der Waals surface area contributed by atoms with Crippen LogP contribution in [-0.4, -0.2) is 21.2 Å². The Morgan fingerprint density at radius 1 is 1.33 bits per heavy atom. The fourth-order valence-corrected chi connectivity index (χ4v) is 3.64. The molecule has 24 heavy (non-hydrogen) atoms. The topological polar surface area (TPSA) is 64.0 Å². The first-order valence-electron chi connectivity index (χ1n) is 6.77. The molecule has 0 bridgehead atoms. The zero-order valence-electron chi connectivity index (χ0n) is 12.4. The fourth-order valence-electron chi connectivity index (χ4n) is 2.06. The molecule has 0 aliphatic heterocycles. The lowest BCUT2D eigenvalue weighted by atomic mass is 10.3. The lowest BCUT2D eigenvalue weighted by Gasteiger charge is -2.08. The Morgan fingerprint density at radius 3 is 2.75 bits per heavy atom. The minimum absolute atomic E-state index is 0.0358. The summed E-state index contributed by atoms with van der Waals surface area (Å²) < 4.78 is 27.6. The molecule has 5 nitrogen and oxygen atoms in total. The molecule has 3 aromatic rings. The largest absolute Gasteiger partial charge is 0.325 e. The Kier molecular flexibility index (Phi) is 4.63. The number of halogens is 2. The predicted molar refractivity (Wildman–Crippen MR) is 90.6 cm³/mol. The molecule has 0 saturated heterocycles. The van der Waals surface area contributed by atoms with Crippen molar-refractivity contribution in [2.24, 2.45) is 7.05 Å². The number of rotatable bonds is 4. The second kappa shape index (κ2) is 6.70. The number of nitrogens with zero attached hydrogens (tertiary/aromatic N) is 2. The fraction of sp³-hybridized carbons (Fsp3) is 0.133. The van der Waals surface area contributed by atoms with E-state index in [0.29, 0.717) is 15.4 Å². The van der Waals surface area contributed by atoms with Gasteiger partial charge in [0.25, 0.3) is 5.56 Å². The van der Waals surface area contributed by atoms with E-state index in [0.717, 1.165) is 30.0 Å². The third-order valence-corrected chi connectivity index (χ3v) is 4.98. The average molecular weight is 367 g/mol. The first-order valence-corrected chi connectivity index (χ1v) is 8.63. The number of fused-ring (bicyclic) bond motifs is 1. The zero-order chi connectivity index (χ0) is 17.3. The van der Waals surface area contributed by atoms with Gasteiger partial charge in [-0.2, -0.15) is 0 Å². The van der Waals surface area contributed by atoms with Crippen LogP contribution in [-0.2, 0) is 11.8 Å². The van der Waals surface area contributed by atoms with E-state index in [9.17, 15) is 18.4 Å². The maximum Gasteiger partial charge on any atom is 0.262 e. The third-order valence-electron chi connectivity index (χ3n) is 3.14. The van der Waals surface area contributed by atoms with E-state index in [-0.39, 0.29) is 17.0 Å². The monoisotopic (exact) mass is 367 g/mol. The van der Waals surface area contributed by atoms with Gasteiger partial charge in [-0.1, -0.05) is 11.8 Å². The number of benzene rings is 1. The number of thioether (sulfide) groups is 1. The van der Waals surface area contributed by atoms with Crippen molar-refractivity contribution in [2.75, 3.05) is 11.1 Å². The highest BCUT2D eigenvalue weighted by Gasteiger charge is 2.12. The van der Waals surface area contributed by atoms with Crippen molar-refractivity contribution in [3.8, 4) is 0 Å². The van der Waals surface area contributed by atoms with E-state index >= 15 is 0 Å². The van der Waals surface area contributed by atoms with Gasteiger partial charge in [-0.05, 0) is 23.6 Å². The van der Waals surface area contributed by atoms with Crippen LogP contribution in [0.1, 0.15) is 0 Å². The van der Waals surface area contributed by atoms with Crippen molar-refractivity contribution < 1.29 is 13.6 Å². The van der Waals surface area contributed by atoms with Crippen molar-refractivity contribution in [3.05, 3.63) is 51.6 Å². The number of carbonyl (C=O) groups excluding carboxylic acids is 1. The Bertz CT molecular complexity index is 964. The standard InChI is InChI=1S/C15H11F2N3O2S2/c1-20-14(22)11-2-3-23-13(11)19-15(20)24-7-12(21)18-10-5-8(16)4-9(17)6-10/h2-6H,7H2,1H3,(H,18,21). The summed E-state index contributed by atoms with van der Waals surface area (Å²) >= 11 is 2.42. The molecule has 2 heterocycles. The van der Waals surface area contributed by atoms with Crippen LogP contribution >= 0.6 is 23.1 Å². The molecule has 0 spiro atoms. The van der Waals surface area contributed by atoms with Crippen LogP contribution in [0, 0.1) is 11.6 Å². The molecule has 0 fully saturated rings. The van der Waals surface area contributed by atoms with Crippen molar-refractivity contribution >= 4 is 44.9 Å². The highest BCUT2D eigenvalue weighted by molar-refractivity contribution is 7.99. The van der Waals surface area contributed by atoms with Crippen LogP contribution in [0.2, 0.25) is 0 Å². The first kappa shape index (κ1) is 16.6. The maximum absolute atomic E-state index is 13.1. The molecule has 3 rings (SSSR count). The lowest BCUT2D eigenvalue weighted by molar-refractivity contribution is -0.113. The average Bonchev–Trinajstić information content (AvgIpc) is 2.97. The minimum Gasteiger partial charge on any atom is -0.325 e. The number of hydrogen-bond acceptors (Lipinski definition) is 5. The number of hydrogen-bond donors (Lipinski definition) is 1. The molecule has 1 aromatic carbocycles. The summed E-state index contributed by atoms with van der Waals surface area (Å²) in [6, 6.07) is 4.48. The highest BCUT2D eigenvalue weighted by Crippen LogP contribution is 2.21. The van der Waals surface area contributed by atoms with Gasteiger partial charge in [0.05, 0.1) is 11.1 Å². The van der Waals surface area contributed by atoms with E-state index in [1.54, 1.807) is 18.5 Å². The van der Waals surface area contributed by atoms with Crippen molar-refractivity contribution in [3.63, 3.8) is 0 Å². The summed E-state index contributed by atoms with van der Waals surface area (Å²) in [6.45, 7) is 0. The van der Waals surface area contributed by atoms with Gasteiger partial charge in [-0.3, -0.25) is 14.2 Å². The molecule has 0 radical (unpaired) electrons. The summed E-state index contributed by atoms with van der Waals surface area (Å²) in [7, 11) is 1.58. The molecule has 0 aliphatic rings. The predicted octanol–water partition coefficient (Wildman–Crippen LogP) is 3.00. The van der Waals surface area contributed by atoms with Gasteiger partial charge in [0, 0.05) is 18.8 Å². The first-order chi connectivity index (χ1) is 11.4. The van der Waals surface area contributed by atoms with Gasteiger partial charge >= 0.3 is 0 Å². The molecule has 1 amide bonds. The van der Waals surface area contributed by atoms with Gasteiger partial charge in [-0.15, -0.1) is 11.3 Å². The van der Waals surface area contributed by atoms with Crippen molar-refractivity contribution in [1.29, 1.82) is 0 Å². The number of nitrogens with one attached hydrogen (secondary N) is 1. The highest BCUT2D eigenvalue weighted by atomic mass is 32.2. The van der Waals surface area contributed by atoms with E-state index in [1.807, 2.05) is 0 Å². The van der Waals surface area contributed by atoms with Gasteiger partial charge in [0.1, 0.15) is 16.5 Å². The van der Waals surface area contributed by atoms with Gasteiger partial charge < -0.3 is 5.32 Å². The summed E-state index contributed by atoms with van der Waals surface area (Å²) in [5, 5.41) is 5.12. The Hall–Kier alpha value is -2.26. The molecule has 9 heteroatoms. The lowest BCUT2D eigenvalue weighted by Crippen LogP contribution is -2.20. The van der Waals surface area contributed by atoms with E-state index < -0.39 is 17.5 Å². The smallest absolute Gasteiger partial charge is 0.262 e. The van der Waals surface area contributed by atoms with Gasteiger partial charge in [-0.25, -0.2) is 13.8 Å². The molecule has 2 aromatic heterocycles. The van der Waals surface area contributed by atoms with Crippen molar-refractivity contribution in [1.82, 2.24) is 9.55 Å². The number of anilines is 1. The normalized spacial score (nSPS) is 11.0. The third kappa shape index (κ3) is 3.46. The molecular weight excluding hydrogens is 356 g/mol. The second-order valence-electron chi connectivity index (χ2n) is 4.89. The number of amides is 1. The summed E-state index contributed by atoms with van der Waals surface area (Å²) in [6.07, 6.45) is 0. The van der Waals surface area contributed by atoms with Crippen molar-refractivity contribution in [2.45, 2.75) is 5.16 Å². The van der Waals surface area contributed by atoms with Crippen LogP contribution in [0.25, 0.3) is 10.2 Å². The van der Waals surface area contributed by atoms with Crippen LogP contribution in [0.5, 0.6) is 0 Å². The summed E-state index contributed by atoms with van der Waals surface area (Å²) in [5.41, 5.74) is -0.148. The zero-order valence-corrected chi connectivity index (χ0v) is 14.0.